The number of halogens is 1. The number of carboxylic acids is 1. The van der Waals surface area contributed by atoms with Gasteiger partial charge in [-0.3, -0.25) is 24.2 Å². The maximum Gasteiger partial charge on any atom is 0.320 e. The summed E-state index contributed by atoms with van der Waals surface area (Å²) < 4.78 is 0. The molecule has 1 fully saturated rings. The van der Waals surface area contributed by atoms with E-state index < -0.39 is 12.0 Å². The number of aliphatic carboxylic acids is 1. The van der Waals surface area contributed by atoms with Crippen LogP contribution in [-0.2, 0) is 4.79 Å². The molecule has 1 unspecified atom stereocenters. The molecular weight excluding hydrogens is 332 g/mol. The highest BCUT2D eigenvalue weighted by molar-refractivity contribution is 6.21. The number of benzene rings is 1. The van der Waals surface area contributed by atoms with E-state index in [1.54, 1.807) is 24.3 Å². The van der Waals surface area contributed by atoms with Crippen LogP contribution in [0.4, 0.5) is 0 Å². The van der Waals surface area contributed by atoms with Crippen molar-refractivity contribution in [1.82, 2.24) is 9.80 Å². The third-order valence-corrected chi connectivity index (χ3v) is 4.60. The van der Waals surface area contributed by atoms with Crippen molar-refractivity contribution in [3.05, 3.63) is 35.4 Å². The summed E-state index contributed by atoms with van der Waals surface area (Å²) >= 11 is 0. The fourth-order valence-corrected chi connectivity index (χ4v) is 3.41. The van der Waals surface area contributed by atoms with Crippen molar-refractivity contribution in [2.45, 2.75) is 31.7 Å². The topological polar surface area (TPSA) is 77.9 Å². The first-order valence-corrected chi connectivity index (χ1v) is 8.01. The quantitative estimate of drug-likeness (QED) is 0.820. The number of fused-ring (bicyclic) bond motifs is 1. The summed E-state index contributed by atoms with van der Waals surface area (Å²) in [4.78, 5) is 39.0. The van der Waals surface area contributed by atoms with Gasteiger partial charge in [0.15, 0.2) is 0 Å². The summed E-state index contributed by atoms with van der Waals surface area (Å²) in [5, 5.41) is 9.26. The minimum Gasteiger partial charge on any atom is -0.480 e. The molecule has 24 heavy (non-hydrogen) atoms. The van der Waals surface area contributed by atoms with Crippen LogP contribution >= 0.6 is 12.4 Å². The molecule has 1 atom stereocenters. The van der Waals surface area contributed by atoms with Crippen LogP contribution < -0.4 is 0 Å². The molecule has 0 radical (unpaired) electrons. The van der Waals surface area contributed by atoms with Crippen molar-refractivity contribution < 1.29 is 19.5 Å². The molecule has 2 aliphatic heterocycles. The highest BCUT2D eigenvalue weighted by atomic mass is 35.5. The van der Waals surface area contributed by atoms with Gasteiger partial charge in [0.2, 0.25) is 0 Å². The number of hydrogen-bond acceptors (Lipinski definition) is 4. The number of imide groups is 1. The van der Waals surface area contributed by atoms with Gasteiger partial charge in [-0.2, -0.15) is 0 Å². The number of carboxylic acid groups (broad SMARTS) is 1. The summed E-state index contributed by atoms with van der Waals surface area (Å²) in [6.07, 6.45) is 3.19. The number of nitrogens with zero attached hydrogens (tertiary/aromatic N) is 2. The van der Waals surface area contributed by atoms with E-state index in [-0.39, 0.29) is 24.2 Å². The molecule has 130 valence electrons. The molecule has 0 bridgehead atoms. The van der Waals surface area contributed by atoms with Gasteiger partial charge in [0.05, 0.1) is 11.1 Å². The van der Waals surface area contributed by atoms with Crippen molar-refractivity contribution in [2.24, 2.45) is 0 Å². The van der Waals surface area contributed by atoms with Gasteiger partial charge >= 0.3 is 5.97 Å². The lowest BCUT2D eigenvalue weighted by Crippen LogP contribution is -2.45. The Balaban J connectivity index is 0.00000208. The first kappa shape index (κ1) is 18.4. The van der Waals surface area contributed by atoms with Gasteiger partial charge in [0.1, 0.15) is 6.04 Å². The molecule has 1 aromatic carbocycles. The molecule has 6 nitrogen and oxygen atoms in total. The molecule has 3 rings (SSSR count). The van der Waals surface area contributed by atoms with E-state index in [4.69, 9.17) is 0 Å². The van der Waals surface area contributed by atoms with Gasteiger partial charge in [-0.05, 0) is 37.9 Å². The third kappa shape index (κ3) is 3.44. The molecule has 2 heterocycles. The van der Waals surface area contributed by atoms with E-state index in [2.05, 4.69) is 0 Å². The monoisotopic (exact) mass is 352 g/mol. The second-order valence-corrected chi connectivity index (χ2v) is 6.05. The predicted octanol–water partition coefficient (Wildman–Crippen LogP) is 2.03. The molecule has 1 aromatic rings. The number of amides is 2. The first-order chi connectivity index (χ1) is 11.1. The Morgan fingerprint density at radius 2 is 1.71 bits per heavy atom. The number of rotatable bonds is 5. The van der Waals surface area contributed by atoms with Crippen LogP contribution in [-0.4, -0.2) is 58.4 Å². The number of carbonyl (C=O) groups is 3. The highest BCUT2D eigenvalue weighted by Crippen LogP contribution is 2.23. The maximum atomic E-state index is 12.3. The Hall–Kier alpha value is -1.92. The average Bonchev–Trinajstić information content (AvgIpc) is 2.80. The van der Waals surface area contributed by atoms with E-state index in [9.17, 15) is 19.5 Å². The second kappa shape index (κ2) is 7.77. The summed E-state index contributed by atoms with van der Waals surface area (Å²) in [5.41, 5.74) is 0.915. The Kier molecular flexibility index (Phi) is 5.96. The van der Waals surface area contributed by atoms with Crippen molar-refractivity contribution >= 4 is 30.2 Å². The Bertz CT molecular complexity index is 614. The average molecular weight is 353 g/mol. The SMILES string of the molecule is Cl.O=C(O)C1CCCCN1CCCN1C(=O)c2ccccc2C1=O. The van der Waals surface area contributed by atoms with Crippen LogP contribution in [0.5, 0.6) is 0 Å². The molecule has 1 N–H and O–H groups in total. The standard InChI is InChI=1S/C17H20N2O4.ClH/c20-15-12-6-1-2-7-13(12)16(21)19(15)11-5-10-18-9-4-3-8-14(18)17(22)23;/h1-2,6-7,14H,3-5,8-11H2,(H,22,23);1H. The molecule has 7 heteroatoms. The maximum absolute atomic E-state index is 12.3. The van der Waals surface area contributed by atoms with Crippen LogP contribution in [0.1, 0.15) is 46.4 Å². The predicted molar refractivity (Wildman–Crippen MR) is 90.5 cm³/mol. The van der Waals surface area contributed by atoms with E-state index in [1.807, 2.05) is 4.90 Å². The van der Waals surface area contributed by atoms with Crippen molar-refractivity contribution in [1.29, 1.82) is 0 Å². The second-order valence-electron chi connectivity index (χ2n) is 6.05. The van der Waals surface area contributed by atoms with Gasteiger partial charge in [-0.25, -0.2) is 0 Å². The smallest absolute Gasteiger partial charge is 0.320 e. The zero-order chi connectivity index (χ0) is 16.4. The van der Waals surface area contributed by atoms with Gasteiger partial charge in [-0.15, -0.1) is 12.4 Å². The van der Waals surface area contributed by atoms with E-state index >= 15 is 0 Å². The summed E-state index contributed by atoms with van der Waals surface area (Å²) in [6.45, 7) is 1.68. The lowest BCUT2D eigenvalue weighted by atomic mass is 10.0. The molecule has 2 amide bonds. The number of piperidine rings is 1. The van der Waals surface area contributed by atoms with Crippen LogP contribution in [0.2, 0.25) is 0 Å². The zero-order valence-corrected chi connectivity index (χ0v) is 14.1. The van der Waals surface area contributed by atoms with Crippen molar-refractivity contribution in [2.75, 3.05) is 19.6 Å². The van der Waals surface area contributed by atoms with Crippen molar-refractivity contribution in [3.8, 4) is 0 Å². The molecule has 0 spiro atoms. The number of hydrogen-bond donors (Lipinski definition) is 1. The van der Waals surface area contributed by atoms with E-state index in [0.717, 1.165) is 19.4 Å². The largest absolute Gasteiger partial charge is 0.480 e. The zero-order valence-electron chi connectivity index (χ0n) is 13.3. The van der Waals surface area contributed by atoms with Crippen molar-refractivity contribution in [3.63, 3.8) is 0 Å². The third-order valence-electron chi connectivity index (χ3n) is 4.60. The Morgan fingerprint density at radius 1 is 1.08 bits per heavy atom. The Morgan fingerprint density at radius 3 is 2.29 bits per heavy atom. The minimum absolute atomic E-state index is 0. The summed E-state index contributed by atoms with van der Waals surface area (Å²) in [7, 11) is 0. The van der Waals surface area contributed by atoms with Crippen LogP contribution in [0.15, 0.2) is 24.3 Å². The van der Waals surface area contributed by atoms with Gasteiger partial charge in [0, 0.05) is 13.1 Å². The lowest BCUT2D eigenvalue weighted by molar-refractivity contribution is -0.144. The van der Waals surface area contributed by atoms with Crippen LogP contribution in [0.3, 0.4) is 0 Å². The molecule has 0 aromatic heterocycles. The molecule has 0 aliphatic carbocycles. The van der Waals surface area contributed by atoms with Gasteiger partial charge in [-0.1, -0.05) is 18.6 Å². The number of likely N-dealkylation sites (tertiary alicyclic amines) is 1. The van der Waals surface area contributed by atoms with Crippen LogP contribution in [0, 0.1) is 0 Å². The fraction of sp³-hybridized carbons (Fsp3) is 0.471. The first-order valence-electron chi connectivity index (χ1n) is 8.01. The molecular formula is C17H21ClN2O4. The lowest BCUT2D eigenvalue weighted by Gasteiger charge is -2.33. The molecule has 1 saturated heterocycles. The molecule has 0 saturated carbocycles. The van der Waals surface area contributed by atoms with Gasteiger partial charge in [0.25, 0.3) is 11.8 Å². The highest BCUT2D eigenvalue weighted by Gasteiger charge is 2.35. The normalized spacial score (nSPS) is 20.7. The molecule has 2 aliphatic rings. The van der Waals surface area contributed by atoms with Crippen LogP contribution in [0.25, 0.3) is 0 Å². The number of carbonyl (C=O) groups excluding carboxylic acids is 2. The van der Waals surface area contributed by atoms with E-state index in [1.165, 1.54) is 4.90 Å². The van der Waals surface area contributed by atoms with E-state index in [0.29, 0.717) is 37.1 Å². The summed E-state index contributed by atoms with van der Waals surface area (Å²) in [5.74, 6) is -1.29. The summed E-state index contributed by atoms with van der Waals surface area (Å²) in [6, 6.07) is 6.39. The Labute approximate surface area is 146 Å². The fourth-order valence-electron chi connectivity index (χ4n) is 3.41. The minimum atomic E-state index is -0.787. The van der Waals surface area contributed by atoms with Gasteiger partial charge < -0.3 is 5.11 Å².